The van der Waals surface area contributed by atoms with Gasteiger partial charge >= 0.3 is 5.97 Å². The highest BCUT2D eigenvalue weighted by Crippen LogP contribution is 2.21. The van der Waals surface area contributed by atoms with E-state index in [0.717, 1.165) is 12.8 Å². The second-order valence-corrected chi connectivity index (χ2v) is 5.85. The van der Waals surface area contributed by atoms with Gasteiger partial charge in [0.2, 0.25) is 0 Å². The summed E-state index contributed by atoms with van der Waals surface area (Å²) in [5.74, 6) is -1.85. The van der Waals surface area contributed by atoms with Crippen molar-refractivity contribution in [3.63, 3.8) is 0 Å². The zero-order valence-electron chi connectivity index (χ0n) is 13.6. The SMILES string of the molecule is O=C(O)c1ccccc1C(=O)Nc1ccccc1C(=O)N1CCCC1. The van der Waals surface area contributed by atoms with Crippen LogP contribution in [-0.4, -0.2) is 40.9 Å². The zero-order valence-corrected chi connectivity index (χ0v) is 13.6. The predicted octanol–water partition coefficient (Wildman–Crippen LogP) is 2.87. The number of carbonyl (C=O) groups is 3. The molecule has 0 spiro atoms. The van der Waals surface area contributed by atoms with Crippen molar-refractivity contribution in [2.45, 2.75) is 12.8 Å². The van der Waals surface area contributed by atoms with E-state index >= 15 is 0 Å². The van der Waals surface area contributed by atoms with Crippen LogP contribution in [-0.2, 0) is 0 Å². The van der Waals surface area contributed by atoms with Crippen LogP contribution in [0.4, 0.5) is 5.69 Å². The van der Waals surface area contributed by atoms with Crippen molar-refractivity contribution in [2.24, 2.45) is 0 Å². The highest BCUT2D eigenvalue weighted by atomic mass is 16.4. The second-order valence-electron chi connectivity index (χ2n) is 5.85. The lowest BCUT2D eigenvalue weighted by Crippen LogP contribution is -2.29. The average Bonchev–Trinajstić information content (AvgIpc) is 3.16. The topological polar surface area (TPSA) is 86.7 Å². The molecule has 0 radical (unpaired) electrons. The quantitative estimate of drug-likeness (QED) is 0.897. The fourth-order valence-corrected chi connectivity index (χ4v) is 2.93. The summed E-state index contributed by atoms with van der Waals surface area (Å²) >= 11 is 0. The van der Waals surface area contributed by atoms with Gasteiger partial charge in [0.25, 0.3) is 11.8 Å². The van der Waals surface area contributed by atoms with Gasteiger partial charge in [-0.15, -0.1) is 0 Å². The Morgan fingerprint density at radius 1 is 0.840 bits per heavy atom. The van der Waals surface area contributed by atoms with Gasteiger partial charge in [-0.1, -0.05) is 24.3 Å². The van der Waals surface area contributed by atoms with Crippen LogP contribution < -0.4 is 5.32 Å². The molecule has 0 unspecified atom stereocenters. The maximum atomic E-state index is 12.6. The number of carbonyl (C=O) groups excluding carboxylic acids is 2. The van der Waals surface area contributed by atoms with Gasteiger partial charge in [0.05, 0.1) is 22.4 Å². The molecule has 128 valence electrons. The Morgan fingerprint density at radius 2 is 1.40 bits per heavy atom. The van der Waals surface area contributed by atoms with Crippen molar-refractivity contribution in [1.29, 1.82) is 0 Å². The molecule has 0 aliphatic carbocycles. The molecule has 0 saturated carbocycles. The summed E-state index contributed by atoms with van der Waals surface area (Å²) in [6.07, 6.45) is 1.96. The van der Waals surface area contributed by atoms with Crippen LogP contribution in [0.3, 0.4) is 0 Å². The van der Waals surface area contributed by atoms with Gasteiger partial charge in [0, 0.05) is 13.1 Å². The first-order chi connectivity index (χ1) is 12.1. The number of aromatic carboxylic acids is 1. The highest BCUT2D eigenvalue weighted by molar-refractivity contribution is 6.13. The van der Waals surface area contributed by atoms with Crippen LogP contribution in [0.1, 0.15) is 43.9 Å². The van der Waals surface area contributed by atoms with Gasteiger partial charge in [-0.25, -0.2) is 4.79 Å². The molecule has 2 amide bonds. The molecule has 0 bridgehead atoms. The lowest BCUT2D eigenvalue weighted by atomic mass is 10.1. The summed E-state index contributed by atoms with van der Waals surface area (Å²) in [5.41, 5.74) is 0.761. The minimum Gasteiger partial charge on any atom is -0.478 e. The standard InChI is InChI=1S/C19H18N2O4/c22-17(13-7-1-2-8-14(13)19(24)25)20-16-10-4-3-9-15(16)18(23)21-11-5-6-12-21/h1-4,7-10H,5-6,11-12H2,(H,20,22)(H,24,25). The Hall–Kier alpha value is -3.15. The molecule has 0 atom stereocenters. The number of amides is 2. The maximum absolute atomic E-state index is 12.6. The summed E-state index contributed by atoms with van der Waals surface area (Å²) in [6.45, 7) is 1.42. The predicted molar refractivity (Wildman–Crippen MR) is 92.9 cm³/mol. The largest absolute Gasteiger partial charge is 0.478 e. The van der Waals surface area contributed by atoms with Crippen molar-refractivity contribution >= 4 is 23.5 Å². The number of carboxylic acids is 1. The lowest BCUT2D eigenvalue weighted by Gasteiger charge is -2.18. The zero-order chi connectivity index (χ0) is 17.8. The van der Waals surface area contributed by atoms with Crippen LogP contribution in [0.2, 0.25) is 0 Å². The van der Waals surface area contributed by atoms with Crippen LogP contribution in [0, 0.1) is 0 Å². The molecular weight excluding hydrogens is 320 g/mol. The van der Waals surface area contributed by atoms with E-state index in [1.807, 2.05) is 0 Å². The first kappa shape index (κ1) is 16.7. The number of para-hydroxylation sites is 1. The number of likely N-dealkylation sites (tertiary alicyclic amines) is 1. The Labute approximate surface area is 145 Å². The third-order valence-electron chi connectivity index (χ3n) is 4.20. The van der Waals surface area contributed by atoms with Crippen LogP contribution in [0.5, 0.6) is 0 Å². The second kappa shape index (κ2) is 7.17. The maximum Gasteiger partial charge on any atom is 0.336 e. The summed E-state index contributed by atoms with van der Waals surface area (Å²) in [5, 5.41) is 11.9. The molecule has 1 fully saturated rings. The molecule has 25 heavy (non-hydrogen) atoms. The molecule has 2 aromatic rings. The van der Waals surface area contributed by atoms with Crippen LogP contribution in [0.15, 0.2) is 48.5 Å². The van der Waals surface area contributed by atoms with Crippen molar-refractivity contribution < 1.29 is 19.5 Å². The molecule has 6 nitrogen and oxygen atoms in total. The van der Waals surface area contributed by atoms with Gasteiger partial charge in [0.15, 0.2) is 0 Å². The fourth-order valence-electron chi connectivity index (χ4n) is 2.93. The average molecular weight is 338 g/mol. The van der Waals surface area contributed by atoms with Gasteiger partial charge in [-0.2, -0.15) is 0 Å². The Kier molecular flexibility index (Phi) is 4.79. The van der Waals surface area contributed by atoms with Crippen LogP contribution >= 0.6 is 0 Å². The number of carboxylic acid groups (broad SMARTS) is 1. The number of hydrogen-bond acceptors (Lipinski definition) is 3. The number of rotatable bonds is 4. The fraction of sp³-hybridized carbons (Fsp3) is 0.211. The molecule has 0 aromatic heterocycles. The minimum absolute atomic E-state index is 0.0541. The summed E-state index contributed by atoms with van der Waals surface area (Å²) in [6, 6.07) is 12.8. The van der Waals surface area contributed by atoms with E-state index in [1.54, 1.807) is 41.3 Å². The van der Waals surface area contributed by atoms with E-state index in [-0.39, 0.29) is 17.0 Å². The van der Waals surface area contributed by atoms with E-state index in [4.69, 9.17) is 0 Å². The monoisotopic (exact) mass is 338 g/mol. The first-order valence-corrected chi connectivity index (χ1v) is 8.10. The number of hydrogen-bond donors (Lipinski definition) is 2. The van der Waals surface area contributed by atoms with Gasteiger partial charge in [0.1, 0.15) is 0 Å². The Balaban J connectivity index is 1.87. The van der Waals surface area contributed by atoms with E-state index in [1.165, 1.54) is 12.1 Å². The first-order valence-electron chi connectivity index (χ1n) is 8.10. The Morgan fingerprint density at radius 3 is 2.04 bits per heavy atom. The van der Waals surface area contributed by atoms with E-state index in [2.05, 4.69) is 5.32 Å². The van der Waals surface area contributed by atoms with Crippen molar-refractivity contribution in [3.8, 4) is 0 Å². The molecule has 6 heteroatoms. The Bertz CT molecular complexity index is 826. The van der Waals surface area contributed by atoms with Gasteiger partial charge < -0.3 is 15.3 Å². The molecule has 3 rings (SSSR count). The number of nitrogens with one attached hydrogen (secondary N) is 1. The molecule has 2 aromatic carbocycles. The van der Waals surface area contributed by atoms with Crippen LogP contribution in [0.25, 0.3) is 0 Å². The van der Waals surface area contributed by atoms with E-state index in [0.29, 0.717) is 24.3 Å². The number of nitrogens with zero attached hydrogens (tertiary/aromatic N) is 1. The highest BCUT2D eigenvalue weighted by Gasteiger charge is 2.23. The van der Waals surface area contributed by atoms with E-state index in [9.17, 15) is 19.5 Å². The molecule has 1 aliphatic rings. The number of benzene rings is 2. The lowest BCUT2D eigenvalue weighted by molar-refractivity contribution is 0.0691. The van der Waals surface area contributed by atoms with Gasteiger partial charge in [-0.3, -0.25) is 9.59 Å². The van der Waals surface area contributed by atoms with E-state index < -0.39 is 11.9 Å². The summed E-state index contributed by atoms with van der Waals surface area (Å²) in [4.78, 5) is 38.2. The van der Waals surface area contributed by atoms with Crippen molar-refractivity contribution in [1.82, 2.24) is 4.90 Å². The number of anilines is 1. The van der Waals surface area contributed by atoms with Crippen molar-refractivity contribution in [3.05, 3.63) is 65.2 Å². The molecule has 1 heterocycles. The molecule has 2 N–H and O–H groups in total. The third-order valence-corrected chi connectivity index (χ3v) is 4.20. The summed E-state index contributed by atoms with van der Waals surface area (Å²) < 4.78 is 0. The molecular formula is C19H18N2O4. The minimum atomic E-state index is -1.17. The molecule has 1 saturated heterocycles. The third kappa shape index (κ3) is 3.52. The normalized spacial score (nSPS) is 13.5. The molecule has 1 aliphatic heterocycles. The van der Waals surface area contributed by atoms with Crippen molar-refractivity contribution in [2.75, 3.05) is 18.4 Å². The van der Waals surface area contributed by atoms with Gasteiger partial charge in [-0.05, 0) is 37.1 Å². The smallest absolute Gasteiger partial charge is 0.336 e. The summed E-state index contributed by atoms with van der Waals surface area (Å²) in [7, 11) is 0.